The Morgan fingerprint density at radius 3 is 2.57 bits per heavy atom. The smallest absolute Gasteiger partial charge is 0.322 e. The number of hydrogen-bond acceptors (Lipinski definition) is 5. The van der Waals surface area contributed by atoms with E-state index in [0.717, 1.165) is 40.6 Å². The summed E-state index contributed by atoms with van der Waals surface area (Å²) in [7, 11) is -4.08. The van der Waals surface area contributed by atoms with Gasteiger partial charge in [0.15, 0.2) is 0 Å². The first-order valence-corrected chi connectivity index (χ1v) is 13.6. The molecule has 10 heteroatoms. The lowest BCUT2D eigenvalue weighted by Gasteiger charge is -2.17. The van der Waals surface area contributed by atoms with Gasteiger partial charge in [-0.05, 0) is 66.4 Å². The van der Waals surface area contributed by atoms with E-state index in [9.17, 15) is 22.7 Å². The van der Waals surface area contributed by atoms with Crippen LogP contribution in [0.5, 0.6) is 0 Å². The van der Waals surface area contributed by atoms with Crippen LogP contribution in [-0.2, 0) is 21.2 Å². The van der Waals surface area contributed by atoms with Gasteiger partial charge in [0.1, 0.15) is 16.1 Å². The van der Waals surface area contributed by atoms with Crippen molar-refractivity contribution in [3.63, 3.8) is 0 Å². The Kier molecular flexibility index (Phi) is 6.35. The fraction of sp³-hybridized carbons (Fsp3) is 0.240. The Hall–Kier alpha value is -3.21. The van der Waals surface area contributed by atoms with Crippen molar-refractivity contribution >= 4 is 43.9 Å². The number of fused-ring (bicyclic) bond motifs is 1. The SMILES string of the molecule is O=C(O)[C@H](Cc1c[nH]c2ccc(F)cc12)NS(=O)(=O)c1ccc(-c2ccc(N3CCCC3)cc2)s1. The van der Waals surface area contributed by atoms with E-state index in [2.05, 4.69) is 14.6 Å². The first kappa shape index (κ1) is 23.5. The Bertz CT molecular complexity index is 1470. The summed E-state index contributed by atoms with van der Waals surface area (Å²) in [5.41, 5.74) is 3.21. The highest BCUT2D eigenvalue weighted by molar-refractivity contribution is 7.91. The molecule has 0 amide bonds. The van der Waals surface area contributed by atoms with Crippen molar-refractivity contribution in [3.05, 3.63) is 72.2 Å². The van der Waals surface area contributed by atoms with Gasteiger partial charge in [0.05, 0.1) is 0 Å². The zero-order valence-corrected chi connectivity index (χ0v) is 20.3. The molecule has 182 valence electrons. The second kappa shape index (κ2) is 9.44. The molecule has 0 unspecified atom stereocenters. The van der Waals surface area contributed by atoms with Crippen molar-refractivity contribution in [2.24, 2.45) is 0 Å². The number of aromatic nitrogens is 1. The molecule has 3 N–H and O–H groups in total. The van der Waals surface area contributed by atoms with Crippen molar-refractivity contribution in [3.8, 4) is 10.4 Å². The van der Waals surface area contributed by atoms with E-state index in [1.54, 1.807) is 18.3 Å². The number of hydrogen-bond donors (Lipinski definition) is 3. The normalized spacial score (nSPS) is 15.1. The molecule has 2 aromatic heterocycles. The van der Waals surface area contributed by atoms with Gasteiger partial charge in [-0.25, -0.2) is 12.8 Å². The molecule has 35 heavy (non-hydrogen) atoms. The minimum absolute atomic E-state index is 0.0346. The molecule has 0 saturated carbocycles. The molecule has 0 spiro atoms. The third-order valence-electron chi connectivity index (χ3n) is 6.22. The monoisotopic (exact) mass is 513 g/mol. The molecule has 1 saturated heterocycles. The van der Waals surface area contributed by atoms with E-state index < -0.39 is 27.9 Å². The average Bonchev–Trinajstić information content (AvgIpc) is 3.60. The number of carbonyl (C=O) groups is 1. The van der Waals surface area contributed by atoms with Gasteiger partial charge in [0, 0.05) is 47.2 Å². The standard InChI is InChI=1S/C25H24FN3O4S2/c26-18-5-8-21-20(14-18)17(15-27-21)13-22(25(30)31)28-35(32,33)24-10-9-23(34-24)16-3-6-19(7-4-16)29-11-1-2-12-29/h3-10,14-15,22,27-28H,1-2,11-13H2,(H,30,31)/t22-/m0/s1. The zero-order valence-electron chi connectivity index (χ0n) is 18.7. The summed E-state index contributed by atoms with van der Waals surface area (Å²) in [6.45, 7) is 2.09. The van der Waals surface area contributed by atoms with Crippen molar-refractivity contribution in [1.82, 2.24) is 9.71 Å². The molecule has 1 atom stereocenters. The number of carboxylic acid groups (broad SMARTS) is 1. The largest absolute Gasteiger partial charge is 0.480 e. The molecule has 1 aliphatic heterocycles. The van der Waals surface area contributed by atoms with Crippen LogP contribution in [0.25, 0.3) is 21.3 Å². The van der Waals surface area contributed by atoms with Crippen LogP contribution >= 0.6 is 11.3 Å². The minimum Gasteiger partial charge on any atom is -0.480 e. The Morgan fingerprint density at radius 1 is 1.11 bits per heavy atom. The van der Waals surface area contributed by atoms with Gasteiger partial charge in [-0.1, -0.05) is 12.1 Å². The summed E-state index contributed by atoms with van der Waals surface area (Å²) >= 11 is 1.08. The molecule has 3 heterocycles. The fourth-order valence-electron chi connectivity index (χ4n) is 4.40. The molecular formula is C25H24FN3O4S2. The van der Waals surface area contributed by atoms with E-state index in [-0.39, 0.29) is 10.6 Å². The number of nitrogens with one attached hydrogen (secondary N) is 2. The number of H-pyrrole nitrogens is 1. The first-order chi connectivity index (χ1) is 16.8. The number of rotatable bonds is 8. The van der Waals surface area contributed by atoms with Crippen LogP contribution in [0.4, 0.5) is 10.1 Å². The molecule has 0 radical (unpaired) electrons. The van der Waals surface area contributed by atoms with Crippen LogP contribution in [0.2, 0.25) is 0 Å². The quantitative estimate of drug-likeness (QED) is 0.319. The van der Waals surface area contributed by atoms with E-state index in [1.165, 1.54) is 31.0 Å². The van der Waals surface area contributed by atoms with Gasteiger partial charge in [0.2, 0.25) is 0 Å². The Morgan fingerprint density at radius 2 is 1.86 bits per heavy atom. The van der Waals surface area contributed by atoms with Gasteiger partial charge in [-0.3, -0.25) is 4.79 Å². The third kappa shape index (κ3) is 4.95. The maximum Gasteiger partial charge on any atom is 0.322 e. The number of halogens is 1. The van der Waals surface area contributed by atoms with Crippen LogP contribution in [0, 0.1) is 5.82 Å². The summed E-state index contributed by atoms with van der Waals surface area (Å²) in [5.74, 6) is -1.76. The molecule has 5 rings (SSSR count). The van der Waals surface area contributed by atoms with E-state index >= 15 is 0 Å². The molecule has 0 bridgehead atoms. The van der Waals surface area contributed by atoms with Gasteiger partial charge in [-0.15, -0.1) is 11.3 Å². The highest BCUT2D eigenvalue weighted by Gasteiger charge is 2.28. The summed E-state index contributed by atoms with van der Waals surface area (Å²) in [6, 6.07) is 14.0. The predicted octanol–water partition coefficient (Wildman–Crippen LogP) is 4.61. The fourth-order valence-corrected chi connectivity index (χ4v) is 6.91. The molecule has 7 nitrogen and oxygen atoms in total. The van der Waals surface area contributed by atoms with Crippen LogP contribution in [0.3, 0.4) is 0 Å². The predicted molar refractivity (Wildman–Crippen MR) is 135 cm³/mol. The van der Waals surface area contributed by atoms with E-state index in [0.29, 0.717) is 16.5 Å². The highest BCUT2D eigenvalue weighted by atomic mass is 32.2. The second-order valence-electron chi connectivity index (χ2n) is 8.58. The van der Waals surface area contributed by atoms with Gasteiger partial charge in [-0.2, -0.15) is 4.72 Å². The maximum absolute atomic E-state index is 13.7. The maximum atomic E-state index is 13.7. The van der Waals surface area contributed by atoms with E-state index in [4.69, 9.17) is 0 Å². The minimum atomic E-state index is -4.08. The number of nitrogens with zero attached hydrogens (tertiary/aromatic N) is 1. The number of thiophene rings is 1. The summed E-state index contributed by atoms with van der Waals surface area (Å²) in [4.78, 5) is 18.0. The molecule has 0 aliphatic carbocycles. The third-order valence-corrected chi connectivity index (χ3v) is 9.32. The molecule has 1 fully saturated rings. The van der Waals surface area contributed by atoms with Crippen LogP contribution < -0.4 is 9.62 Å². The summed E-state index contributed by atoms with van der Waals surface area (Å²) < 4.78 is 42.1. The lowest BCUT2D eigenvalue weighted by molar-refractivity contribution is -0.138. The van der Waals surface area contributed by atoms with Crippen LogP contribution in [0.15, 0.2) is 65.0 Å². The first-order valence-electron chi connectivity index (χ1n) is 11.3. The lowest BCUT2D eigenvalue weighted by atomic mass is 10.1. The number of benzene rings is 2. The molecule has 4 aromatic rings. The Labute approximate surface area is 206 Å². The number of aromatic amines is 1. The summed E-state index contributed by atoms with van der Waals surface area (Å²) in [6.07, 6.45) is 3.82. The van der Waals surface area contributed by atoms with Crippen molar-refractivity contribution in [2.45, 2.75) is 29.5 Å². The van der Waals surface area contributed by atoms with E-state index in [1.807, 2.05) is 24.3 Å². The second-order valence-corrected chi connectivity index (χ2v) is 11.6. The number of carboxylic acids is 1. The van der Waals surface area contributed by atoms with Gasteiger partial charge >= 0.3 is 5.97 Å². The average molecular weight is 514 g/mol. The molecule has 2 aromatic carbocycles. The topological polar surface area (TPSA) is 102 Å². The highest BCUT2D eigenvalue weighted by Crippen LogP contribution is 2.32. The zero-order chi connectivity index (χ0) is 24.6. The van der Waals surface area contributed by atoms with Gasteiger partial charge < -0.3 is 15.0 Å². The van der Waals surface area contributed by atoms with Crippen molar-refractivity contribution in [1.29, 1.82) is 0 Å². The van der Waals surface area contributed by atoms with Crippen molar-refractivity contribution < 1.29 is 22.7 Å². The number of sulfonamides is 1. The van der Waals surface area contributed by atoms with Gasteiger partial charge in [0.25, 0.3) is 10.0 Å². The molecule has 1 aliphatic rings. The van der Waals surface area contributed by atoms with Crippen LogP contribution in [-0.4, -0.2) is 43.6 Å². The van der Waals surface area contributed by atoms with Crippen molar-refractivity contribution in [2.75, 3.05) is 18.0 Å². The van der Waals surface area contributed by atoms with Crippen LogP contribution in [0.1, 0.15) is 18.4 Å². The number of aliphatic carboxylic acids is 1. The Balaban J connectivity index is 1.34. The molecular weight excluding hydrogens is 489 g/mol. The lowest BCUT2D eigenvalue weighted by Crippen LogP contribution is -2.41. The number of anilines is 1. The summed E-state index contributed by atoms with van der Waals surface area (Å²) in [5, 5.41) is 10.2.